The lowest BCUT2D eigenvalue weighted by molar-refractivity contribution is 0.253. The molecule has 0 bridgehead atoms. The fraction of sp³-hybridized carbons (Fsp3) is 0.500. The number of H-pyrrole nitrogens is 1. The third-order valence-electron chi connectivity index (χ3n) is 3.71. The molecule has 0 saturated carbocycles. The van der Waals surface area contributed by atoms with E-state index in [1.807, 2.05) is 10.8 Å². The molecule has 1 aliphatic rings. The zero-order chi connectivity index (χ0) is 14.0. The molecule has 3 rings (SSSR count). The van der Waals surface area contributed by atoms with Gasteiger partial charge >= 0.3 is 0 Å². The van der Waals surface area contributed by atoms with Gasteiger partial charge in [0.05, 0.1) is 12.5 Å². The van der Waals surface area contributed by atoms with Crippen molar-refractivity contribution in [3.05, 3.63) is 31.1 Å². The number of hydrogen-bond acceptors (Lipinski definition) is 4. The fourth-order valence-corrected chi connectivity index (χ4v) is 3.93. The van der Waals surface area contributed by atoms with E-state index in [1.165, 1.54) is 12.4 Å². The molecule has 0 radical (unpaired) electrons. The van der Waals surface area contributed by atoms with E-state index >= 15 is 0 Å². The molecule has 7 nitrogen and oxygen atoms in total. The molecule has 0 aromatic carbocycles. The van der Waals surface area contributed by atoms with Crippen molar-refractivity contribution in [2.45, 2.75) is 24.3 Å². The van der Waals surface area contributed by atoms with E-state index in [1.54, 1.807) is 16.8 Å². The second-order valence-corrected chi connectivity index (χ2v) is 6.98. The highest BCUT2D eigenvalue weighted by Crippen LogP contribution is 2.24. The molecule has 0 amide bonds. The Morgan fingerprint density at radius 2 is 2.15 bits per heavy atom. The minimum absolute atomic E-state index is 0.241. The average Bonchev–Trinajstić information content (AvgIpc) is 3.12. The first-order valence-corrected chi connectivity index (χ1v) is 8.05. The van der Waals surface area contributed by atoms with Crippen molar-refractivity contribution < 1.29 is 8.42 Å². The lowest BCUT2D eigenvalue weighted by Gasteiger charge is -2.30. The summed E-state index contributed by atoms with van der Waals surface area (Å²) in [5.74, 6) is 0.500. The van der Waals surface area contributed by atoms with E-state index in [0.717, 1.165) is 19.4 Å². The van der Waals surface area contributed by atoms with Gasteiger partial charge in [0.15, 0.2) is 0 Å². The van der Waals surface area contributed by atoms with Gasteiger partial charge in [-0.2, -0.15) is 9.40 Å². The van der Waals surface area contributed by atoms with Gasteiger partial charge in [0, 0.05) is 38.2 Å². The van der Waals surface area contributed by atoms with Crippen molar-refractivity contribution >= 4 is 10.0 Å². The first-order valence-electron chi connectivity index (χ1n) is 6.61. The monoisotopic (exact) mass is 295 g/mol. The second kappa shape index (κ2) is 5.37. The molecular weight excluding hydrogens is 278 g/mol. The maximum absolute atomic E-state index is 12.3. The third-order valence-corrected chi connectivity index (χ3v) is 5.58. The Bertz CT molecular complexity index is 627. The predicted molar refractivity (Wildman–Crippen MR) is 72.3 cm³/mol. The number of nitrogens with one attached hydrogen (secondary N) is 1. The summed E-state index contributed by atoms with van der Waals surface area (Å²) in [6, 6.07) is 0. The van der Waals surface area contributed by atoms with Crippen LogP contribution in [-0.4, -0.2) is 45.6 Å². The fourth-order valence-electron chi connectivity index (χ4n) is 2.55. The lowest BCUT2D eigenvalue weighted by atomic mass is 9.98. The van der Waals surface area contributed by atoms with Crippen LogP contribution in [0.25, 0.3) is 0 Å². The summed E-state index contributed by atoms with van der Waals surface area (Å²) in [5.41, 5.74) is 0. The van der Waals surface area contributed by atoms with Gasteiger partial charge < -0.3 is 4.57 Å². The van der Waals surface area contributed by atoms with Crippen molar-refractivity contribution in [2.75, 3.05) is 13.1 Å². The summed E-state index contributed by atoms with van der Waals surface area (Å²) < 4.78 is 28.2. The van der Waals surface area contributed by atoms with Crippen LogP contribution in [0, 0.1) is 5.92 Å². The summed E-state index contributed by atoms with van der Waals surface area (Å²) in [4.78, 5) is 4.26. The third kappa shape index (κ3) is 2.61. The van der Waals surface area contributed by atoms with Crippen LogP contribution in [-0.2, 0) is 16.6 Å². The summed E-state index contributed by atoms with van der Waals surface area (Å²) in [6.45, 7) is 2.03. The number of rotatable bonds is 4. The van der Waals surface area contributed by atoms with Crippen molar-refractivity contribution in [2.24, 2.45) is 5.92 Å². The minimum atomic E-state index is -3.38. The number of sulfonamides is 1. The molecule has 1 fully saturated rings. The van der Waals surface area contributed by atoms with Crippen LogP contribution in [0.5, 0.6) is 0 Å². The maximum atomic E-state index is 12.3. The average molecular weight is 295 g/mol. The highest BCUT2D eigenvalue weighted by molar-refractivity contribution is 7.89. The molecule has 20 heavy (non-hydrogen) atoms. The number of imidazole rings is 1. The molecule has 1 aliphatic heterocycles. The van der Waals surface area contributed by atoms with E-state index < -0.39 is 10.0 Å². The highest BCUT2D eigenvalue weighted by atomic mass is 32.2. The summed E-state index contributed by atoms with van der Waals surface area (Å²) in [5, 5.41) is 6.25. The largest absolute Gasteiger partial charge is 0.337 e. The minimum Gasteiger partial charge on any atom is -0.337 e. The van der Waals surface area contributed by atoms with Crippen molar-refractivity contribution in [1.82, 2.24) is 24.1 Å². The van der Waals surface area contributed by atoms with Gasteiger partial charge in [0.1, 0.15) is 4.90 Å². The van der Waals surface area contributed by atoms with Gasteiger partial charge in [0.2, 0.25) is 10.0 Å². The van der Waals surface area contributed by atoms with Crippen LogP contribution < -0.4 is 0 Å². The van der Waals surface area contributed by atoms with Gasteiger partial charge in [-0.05, 0) is 18.8 Å². The first-order chi connectivity index (χ1) is 9.66. The van der Waals surface area contributed by atoms with Gasteiger partial charge in [-0.3, -0.25) is 5.10 Å². The topological polar surface area (TPSA) is 83.9 Å². The molecule has 0 aliphatic carbocycles. The smallest absolute Gasteiger partial charge is 0.246 e. The molecule has 1 saturated heterocycles. The summed E-state index contributed by atoms with van der Waals surface area (Å²) >= 11 is 0. The van der Waals surface area contributed by atoms with Gasteiger partial charge in [-0.15, -0.1) is 0 Å². The van der Waals surface area contributed by atoms with Crippen LogP contribution in [0.15, 0.2) is 36.0 Å². The SMILES string of the molecule is O=S(=O)(c1cn[nH]c1)N1CCC(Cn2ccnc2)CC1. The Hall–Kier alpha value is -1.67. The quantitative estimate of drug-likeness (QED) is 0.900. The van der Waals surface area contributed by atoms with Crippen LogP contribution in [0.1, 0.15) is 12.8 Å². The first kappa shape index (κ1) is 13.3. The second-order valence-electron chi connectivity index (χ2n) is 5.04. The highest BCUT2D eigenvalue weighted by Gasteiger charge is 2.29. The lowest BCUT2D eigenvalue weighted by Crippen LogP contribution is -2.39. The Balaban J connectivity index is 1.61. The summed E-state index contributed by atoms with van der Waals surface area (Å²) in [6.07, 6.45) is 10.0. The van der Waals surface area contributed by atoms with Gasteiger partial charge in [-0.25, -0.2) is 13.4 Å². The zero-order valence-corrected chi connectivity index (χ0v) is 11.8. The maximum Gasteiger partial charge on any atom is 0.246 e. The van der Waals surface area contributed by atoms with Gasteiger partial charge in [0.25, 0.3) is 0 Å². The molecule has 2 aromatic rings. The zero-order valence-electron chi connectivity index (χ0n) is 11.0. The van der Waals surface area contributed by atoms with Crippen molar-refractivity contribution in [1.29, 1.82) is 0 Å². The Labute approximate surface area is 117 Å². The van der Waals surface area contributed by atoms with Crippen molar-refractivity contribution in [3.63, 3.8) is 0 Å². The van der Waals surface area contributed by atoms with Crippen molar-refractivity contribution in [3.8, 4) is 0 Å². The van der Waals surface area contributed by atoms with E-state index in [0.29, 0.717) is 19.0 Å². The number of nitrogens with zero attached hydrogens (tertiary/aromatic N) is 4. The molecule has 3 heterocycles. The Morgan fingerprint density at radius 3 is 2.75 bits per heavy atom. The predicted octanol–water partition coefficient (Wildman–Crippen LogP) is 0.707. The van der Waals surface area contributed by atoms with E-state index in [4.69, 9.17) is 0 Å². The van der Waals surface area contributed by atoms with Crippen LogP contribution in [0.2, 0.25) is 0 Å². The molecule has 2 aromatic heterocycles. The van der Waals surface area contributed by atoms with Crippen LogP contribution >= 0.6 is 0 Å². The normalized spacial score (nSPS) is 18.4. The van der Waals surface area contributed by atoms with Gasteiger partial charge in [-0.1, -0.05) is 0 Å². The number of piperidine rings is 1. The Kier molecular flexibility index (Phi) is 3.58. The molecule has 0 unspecified atom stereocenters. The standard InChI is InChI=1S/C12H17N5O2S/c18-20(19,12-7-14-15-8-12)17-4-1-11(2-5-17)9-16-6-3-13-10-16/h3,6-8,10-11H,1-2,4-5,9H2,(H,14,15). The molecule has 108 valence electrons. The van der Waals surface area contributed by atoms with E-state index in [2.05, 4.69) is 15.2 Å². The summed E-state index contributed by atoms with van der Waals surface area (Å²) in [7, 11) is -3.38. The molecule has 0 spiro atoms. The molecule has 8 heteroatoms. The molecular formula is C12H17N5O2S. The van der Waals surface area contributed by atoms with Crippen LogP contribution in [0.4, 0.5) is 0 Å². The van der Waals surface area contributed by atoms with Crippen LogP contribution in [0.3, 0.4) is 0 Å². The molecule has 0 atom stereocenters. The number of hydrogen-bond donors (Lipinski definition) is 1. The number of aromatic nitrogens is 4. The van der Waals surface area contributed by atoms with E-state index in [-0.39, 0.29) is 4.90 Å². The number of aromatic amines is 1. The Morgan fingerprint density at radius 1 is 1.35 bits per heavy atom. The van der Waals surface area contributed by atoms with E-state index in [9.17, 15) is 8.42 Å². The molecule has 1 N–H and O–H groups in total.